The van der Waals surface area contributed by atoms with Crippen LogP contribution in [-0.2, 0) is 16.6 Å². The van der Waals surface area contributed by atoms with E-state index >= 15 is 0 Å². The van der Waals surface area contributed by atoms with Crippen molar-refractivity contribution >= 4 is 10.0 Å². The predicted molar refractivity (Wildman–Crippen MR) is 67.4 cm³/mol. The first-order chi connectivity index (χ1) is 8.81. The van der Waals surface area contributed by atoms with Crippen molar-refractivity contribution in [1.29, 1.82) is 0 Å². The Morgan fingerprint density at radius 1 is 1.32 bits per heavy atom. The first kappa shape index (κ1) is 15.9. The Balaban J connectivity index is 2.69. The van der Waals surface area contributed by atoms with Gasteiger partial charge in [-0.25, -0.2) is 26.9 Å². The highest BCUT2D eigenvalue weighted by Crippen LogP contribution is 2.07. The number of aromatic nitrogens is 1. The molecule has 0 aromatic carbocycles. The Morgan fingerprint density at radius 2 is 2.00 bits per heavy atom. The number of alkyl halides is 2. The molecule has 19 heavy (non-hydrogen) atoms. The maximum atomic E-state index is 12.0. The van der Waals surface area contributed by atoms with Gasteiger partial charge in [0.2, 0.25) is 0 Å². The Bertz CT molecular complexity index is 489. The van der Waals surface area contributed by atoms with Crippen molar-refractivity contribution in [1.82, 2.24) is 15.0 Å². The van der Waals surface area contributed by atoms with Crippen molar-refractivity contribution in [3.8, 4) is 0 Å². The van der Waals surface area contributed by atoms with Crippen LogP contribution in [0.25, 0.3) is 0 Å². The molecule has 0 fully saturated rings. The normalized spacial score (nSPS) is 12.3. The van der Waals surface area contributed by atoms with Gasteiger partial charge in [0.25, 0.3) is 16.4 Å². The number of nitrogens with one attached hydrogen (secondary N) is 2. The summed E-state index contributed by atoms with van der Waals surface area (Å²) in [5, 5.41) is 2.89. The molecule has 108 valence electrons. The zero-order chi connectivity index (χ0) is 14.5. The molecule has 8 heteroatoms. The minimum atomic E-state index is -3.96. The van der Waals surface area contributed by atoms with Crippen LogP contribution in [0, 0.1) is 0 Å². The third kappa shape index (κ3) is 5.58. The first-order valence-corrected chi connectivity index (χ1v) is 7.25. The Morgan fingerprint density at radius 3 is 2.47 bits per heavy atom. The molecule has 1 aromatic rings. The van der Waals surface area contributed by atoms with Crippen molar-refractivity contribution in [2.75, 3.05) is 6.54 Å². The predicted octanol–water partition coefficient (Wildman–Crippen LogP) is 1.12. The van der Waals surface area contributed by atoms with E-state index in [1.165, 1.54) is 12.3 Å². The maximum Gasteiger partial charge on any atom is 0.258 e. The molecule has 0 amide bonds. The van der Waals surface area contributed by atoms with E-state index in [0.717, 1.165) is 5.56 Å². The van der Waals surface area contributed by atoms with Crippen LogP contribution in [0.1, 0.15) is 19.4 Å². The van der Waals surface area contributed by atoms with Crippen LogP contribution in [0.5, 0.6) is 0 Å². The van der Waals surface area contributed by atoms with Gasteiger partial charge < -0.3 is 5.32 Å². The van der Waals surface area contributed by atoms with Gasteiger partial charge in [-0.1, -0.05) is 19.9 Å². The van der Waals surface area contributed by atoms with E-state index < -0.39 is 23.0 Å². The van der Waals surface area contributed by atoms with Crippen molar-refractivity contribution < 1.29 is 17.2 Å². The van der Waals surface area contributed by atoms with Gasteiger partial charge in [-0.05, 0) is 11.6 Å². The fourth-order valence-corrected chi connectivity index (χ4v) is 2.18. The summed E-state index contributed by atoms with van der Waals surface area (Å²) in [4.78, 5) is 3.77. The SMILES string of the molecule is CC(C)NCc1ccc(S(=O)(=O)NCC(F)F)nc1. The molecule has 0 saturated heterocycles. The van der Waals surface area contributed by atoms with E-state index in [9.17, 15) is 17.2 Å². The van der Waals surface area contributed by atoms with E-state index in [4.69, 9.17) is 0 Å². The molecule has 0 saturated carbocycles. The van der Waals surface area contributed by atoms with E-state index in [1.807, 2.05) is 13.8 Å². The second-order valence-corrected chi connectivity index (χ2v) is 6.00. The third-order valence-corrected chi connectivity index (χ3v) is 3.55. The van der Waals surface area contributed by atoms with Crippen LogP contribution in [0.3, 0.4) is 0 Å². The van der Waals surface area contributed by atoms with Crippen molar-refractivity contribution in [2.45, 2.75) is 37.9 Å². The first-order valence-electron chi connectivity index (χ1n) is 5.77. The van der Waals surface area contributed by atoms with Crippen molar-refractivity contribution in [2.24, 2.45) is 0 Å². The summed E-state index contributed by atoms with van der Waals surface area (Å²) < 4.78 is 48.9. The third-order valence-electron chi connectivity index (χ3n) is 2.22. The highest BCUT2D eigenvalue weighted by molar-refractivity contribution is 7.89. The molecule has 1 heterocycles. The molecule has 0 aliphatic heterocycles. The summed E-state index contributed by atoms with van der Waals surface area (Å²) in [6, 6.07) is 3.20. The summed E-state index contributed by atoms with van der Waals surface area (Å²) in [7, 11) is -3.96. The number of nitrogens with zero attached hydrogens (tertiary/aromatic N) is 1. The summed E-state index contributed by atoms with van der Waals surface area (Å²) in [5.41, 5.74) is 0.821. The molecule has 0 aliphatic rings. The van der Waals surface area contributed by atoms with E-state index in [0.29, 0.717) is 12.6 Å². The van der Waals surface area contributed by atoms with Crippen LogP contribution in [0.4, 0.5) is 8.78 Å². The standard InChI is InChI=1S/C11H17F2N3O2S/c1-8(2)14-5-9-3-4-11(15-6-9)19(17,18)16-7-10(12)13/h3-4,6,8,10,14,16H,5,7H2,1-2H3. The lowest BCUT2D eigenvalue weighted by atomic mass is 10.2. The lowest BCUT2D eigenvalue weighted by Crippen LogP contribution is -2.29. The number of halogens is 2. The molecule has 0 unspecified atom stereocenters. The van der Waals surface area contributed by atoms with E-state index in [-0.39, 0.29) is 5.03 Å². The molecule has 0 atom stereocenters. The second-order valence-electron chi connectivity index (χ2n) is 4.28. The van der Waals surface area contributed by atoms with Crippen LogP contribution < -0.4 is 10.0 Å². The minimum Gasteiger partial charge on any atom is -0.310 e. The highest BCUT2D eigenvalue weighted by Gasteiger charge is 2.17. The van der Waals surface area contributed by atoms with Crippen molar-refractivity contribution in [3.05, 3.63) is 23.9 Å². The second kappa shape index (κ2) is 6.88. The largest absolute Gasteiger partial charge is 0.310 e. The zero-order valence-corrected chi connectivity index (χ0v) is 11.5. The van der Waals surface area contributed by atoms with E-state index in [1.54, 1.807) is 10.8 Å². The van der Waals surface area contributed by atoms with Crippen LogP contribution in [-0.4, -0.2) is 32.4 Å². The number of sulfonamides is 1. The molecule has 0 aliphatic carbocycles. The van der Waals surface area contributed by atoms with Gasteiger partial charge in [0.1, 0.15) is 0 Å². The molecule has 0 bridgehead atoms. The summed E-state index contributed by atoms with van der Waals surface area (Å²) in [6.45, 7) is 3.62. The van der Waals surface area contributed by atoms with Crippen molar-refractivity contribution in [3.63, 3.8) is 0 Å². The molecule has 1 aromatic heterocycles. The Kier molecular flexibility index (Phi) is 5.77. The van der Waals surface area contributed by atoms with Gasteiger partial charge in [-0.15, -0.1) is 0 Å². The fourth-order valence-electron chi connectivity index (χ4n) is 1.24. The number of hydrogen-bond donors (Lipinski definition) is 2. The fraction of sp³-hybridized carbons (Fsp3) is 0.545. The molecule has 2 N–H and O–H groups in total. The molecular formula is C11H17F2N3O2S. The molecule has 5 nitrogen and oxygen atoms in total. The van der Waals surface area contributed by atoms with Gasteiger partial charge in [0.05, 0.1) is 6.54 Å². The quantitative estimate of drug-likeness (QED) is 0.790. The minimum absolute atomic E-state index is 0.263. The van der Waals surface area contributed by atoms with Crippen LogP contribution in [0.2, 0.25) is 0 Å². The summed E-state index contributed by atoms with van der Waals surface area (Å²) in [5.74, 6) is 0. The van der Waals surface area contributed by atoms with Gasteiger partial charge >= 0.3 is 0 Å². The summed E-state index contributed by atoms with van der Waals surface area (Å²) in [6.07, 6.45) is -1.32. The highest BCUT2D eigenvalue weighted by atomic mass is 32.2. The van der Waals surface area contributed by atoms with Gasteiger partial charge in [-0.2, -0.15) is 0 Å². The number of pyridine rings is 1. The van der Waals surface area contributed by atoms with Gasteiger partial charge in [-0.3, -0.25) is 0 Å². The number of rotatable bonds is 7. The molecular weight excluding hydrogens is 276 g/mol. The topological polar surface area (TPSA) is 71.1 Å². The zero-order valence-electron chi connectivity index (χ0n) is 10.7. The number of hydrogen-bond acceptors (Lipinski definition) is 4. The molecule has 0 radical (unpaired) electrons. The molecule has 1 rings (SSSR count). The monoisotopic (exact) mass is 293 g/mol. The smallest absolute Gasteiger partial charge is 0.258 e. The van der Waals surface area contributed by atoms with Gasteiger partial charge in [0.15, 0.2) is 5.03 Å². The van der Waals surface area contributed by atoms with Crippen LogP contribution in [0.15, 0.2) is 23.4 Å². The maximum absolute atomic E-state index is 12.0. The Labute approximate surface area is 111 Å². The van der Waals surface area contributed by atoms with Crippen LogP contribution >= 0.6 is 0 Å². The van der Waals surface area contributed by atoms with Gasteiger partial charge in [0, 0.05) is 18.8 Å². The lowest BCUT2D eigenvalue weighted by molar-refractivity contribution is 0.153. The summed E-state index contributed by atoms with van der Waals surface area (Å²) >= 11 is 0. The lowest BCUT2D eigenvalue weighted by Gasteiger charge is -2.09. The average Bonchev–Trinajstić information content (AvgIpc) is 2.34. The Hall–Kier alpha value is -1.12. The van der Waals surface area contributed by atoms with E-state index in [2.05, 4.69) is 10.3 Å². The average molecular weight is 293 g/mol. The molecule has 0 spiro atoms.